The molecule has 2 rings (SSSR count). The van der Waals surface area contributed by atoms with Gasteiger partial charge in [-0.1, -0.05) is 6.92 Å². The molecule has 0 bridgehead atoms. The van der Waals surface area contributed by atoms with Crippen molar-refractivity contribution >= 4 is 5.82 Å². The third-order valence-corrected chi connectivity index (χ3v) is 3.67. The summed E-state index contributed by atoms with van der Waals surface area (Å²) in [6.07, 6.45) is 6.38. The molecule has 1 heterocycles. The van der Waals surface area contributed by atoms with Crippen molar-refractivity contribution in [3.63, 3.8) is 0 Å². The van der Waals surface area contributed by atoms with E-state index in [0.29, 0.717) is 30.0 Å². The maximum absolute atomic E-state index is 14.0. The van der Waals surface area contributed by atoms with Crippen molar-refractivity contribution in [2.75, 3.05) is 12.4 Å². The molecular formula is C13H21FN4. The summed E-state index contributed by atoms with van der Waals surface area (Å²) in [5.74, 6) is 0.0606. The highest BCUT2D eigenvalue weighted by molar-refractivity contribution is 5.38. The van der Waals surface area contributed by atoms with Crippen LogP contribution in [-0.4, -0.2) is 29.1 Å². The van der Waals surface area contributed by atoms with E-state index in [2.05, 4.69) is 20.6 Å². The molecule has 0 aromatic carbocycles. The summed E-state index contributed by atoms with van der Waals surface area (Å²) in [6, 6.07) is 0.924. The van der Waals surface area contributed by atoms with Gasteiger partial charge in [0.25, 0.3) is 0 Å². The number of anilines is 1. The second kappa shape index (κ2) is 6.09. The molecule has 100 valence electrons. The number of halogens is 1. The number of hydrogen-bond acceptors (Lipinski definition) is 4. The van der Waals surface area contributed by atoms with E-state index in [1.165, 1.54) is 6.33 Å². The second-order valence-electron chi connectivity index (χ2n) is 4.82. The Morgan fingerprint density at radius 3 is 2.50 bits per heavy atom. The van der Waals surface area contributed by atoms with Gasteiger partial charge >= 0.3 is 0 Å². The van der Waals surface area contributed by atoms with E-state index < -0.39 is 0 Å². The summed E-state index contributed by atoms with van der Waals surface area (Å²) < 4.78 is 14.0. The van der Waals surface area contributed by atoms with Crippen LogP contribution >= 0.6 is 0 Å². The smallest absolute Gasteiger partial charge is 0.186 e. The highest BCUT2D eigenvalue weighted by Gasteiger charge is 2.21. The maximum Gasteiger partial charge on any atom is 0.186 e. The van der Waals surface area contributed by atoms with Crippen molar-refractivity contribution in [3.05, 3.63) is 17.8 Å². The average molecular weight is 252 g/mol. The van der Waals surface area contributed by atoms with Crippen LogP contribution in [-0.2, 0) is 6.42 Å². The van der Waals surface area contributed by atoms with Crippen LogP contribution in [0.3, 0.4) is 0 Å². The van der Waals surface area contributed by atoms with E-state index >= 15 is 0 Å². The third kappa shape index (κ3) is 2.96. The van der Waals surface area contributed by atoms with E-state index in [1.54, 1.807) is 0 Å². The zero-order valence-electron chi connectivity index (χ0n) is 11.0. The van der Waals surface area contributed by atoms with Crippen LogP contribution in [0.1, 0.15) is 38.3 Å². The first kappa shape index (κ1) is 13.2. The summed E-state index contributed by atoms with van der Waals surface area (Å²) in [4.78, 5) is 7.95. The molecule has 5 heteroatoms. The van der Waals surface area contributed by atoms with Gasteiger partial charge in [-0.05, 0) is 39.2 Å². The van der Waals surface area contributed by atoms with Crippen LogP contribution < -0.4 is 10.6 Å². The molecule has 0 unspecified atom stereocenters. The van der Waals surface area contributed by atoms with Crippen LogP contribution in [0.5, 0.6) is 0 Å². The van der Waals surface area contributed by atoms with E-state index in [4.69, 9.17) is 0 Å². The summed E-state index contributed by atoms with van der Waals surface area (Å²) in [5.41, 5.74) is 0.483. The fourth-order valence-corrected chi connectivity index (χ4v) is 2.47. The zero-order chi connectivity index (χ0) is 13.0. The molecule has 1 aliphatic rings. The van der Waals surface area contributed by atoms with Crippen molar-refractivity contribution in [1.29, 1.82) is 0 Å². The third-order valence-electron chi connectivity index (χ3n) is 3.67. The van der Waals surface area contributed by atoms with Gasteiger partial charge in [-0.2, -0.15) is 0 Å². The highest BCUT2D eigenvalue weighted by Crippen LogP contribution is 2.23. The Balaban J connectivity index is 1.98. The Morgan fingerprint density at radius 2 is 1.89 bits per heavy atom. The summed E-state index contributed by atoms with van der Waals surface area (Å²) in [7, 11) is 2.00. The first-order valence-corrected chi connectivity index (χ1v) is 6.67. The number of aryl methyl sites for hydroxylation is 1. The number of nitrogens with one attached hydrogen (secondary N) is 2. The lowest BCUT2D eigenvalue weighted by Crippen LogP contribution is -2.35. The quantitative estimate of drug-likeness (QED) is 0.862. The number of aromatic nitrogens is 2. The minimum atomic E-state index is -0.296. The summed E-state index contributed by atoms with van der Waals surface area (Å²) in [5, 5.41) is 6.51. The minimum Gasteiger partial charge on any atom is -0.365 e. The number of hydrogen-bond donors (Lipinski definition) is 2. The molecule has 0 aliphatic heterocycles. The van der Waals surface area contributed by atoms with Crippen molar-refractivity contribution in [2.24, 2.45) is 0 Å². The molecule has 2 N–H and O–H groups in total. The molecule has 0 spiro atoms. The molecule has 0 saturated heterocycles. The highest BCUT2D eigenvalue weighted by atomic mass is 19.1. The molecular weight excluding hydrogens is 231 g/mol. The van der Waals surface area contributed by atoms with Crippen molar-refractivity contribution in [3.8, 4) is 0 Å². The SMILES string of the molecule is CCc1ncnc(NC2CCC(NC)CC2)c1F. The van der Waals surface area contributed by atoms with E-state index in [9.17, 15) is 4.39 Å². The molecule has 1 aromatic rings. The molecule has 4 nitrogen and oxygen atoms in total. The number of rotatable bonds is 4. The van der Waals surface area contributed by atoms with Gasteiger partial charge in [0.1, 0.15) is 6.33 Å². The lowest BCUT2D eigenvalue weighted by molar-refractivity contribution is 0.370. The Labute approximate surface area is 107 Å². The fourth-order valence-electron chi connectivity index (χ4n) is 2.47. The van der Waals surface area contributed by atoms with Gasteiger partial charge < -0.3 is 10.6 Å². The lowest BCUT2D eigenvalue weighted by atomic mass is 9.91. The first-order valence-electron chi connectivity index (χ1n) is 6.67. The topological polar surface area (TPSA) is 49.8 Å². The van der Waals surface area contributed by atoms with Crippen LogP contribution in [0.2, 0.25) is 0 Å². The second-order valence-corrected chi connectivity index (χ2v) is 4.82. The Bertz CT molecular complexity index is 389. The van der Waals surface area contributed by atoms with Crippen LogP contribution in [0.15, 0.2) is 6.33 Å². The van der Waals surface area contributed by atoms with Gasteiger partial charge in [-0.25, -0.2) is 14.4 Å². The summed E-state index contributed by atoms with van der Waals surface area (Å²) >= 11 is 0. The number of nitrogens with zero attached hydrogens (tertiary/aromatic N) is 2. The Hall–Kier alpha value is -1.23. The van der Waals surface area contributed by atoms with Gasteiger partial charge in [0.05, 0.1) is 5.69 Å². The normalized spacial score (nSPS) is 23.9. The van der Waals surface area contributed by atoms with Crippen LogP contribution in [0.4, 0.5) is 10.2 Å². The first-order chi connectivity index (χ1) is 8.74. The molecule has 1 aromatic heterocycles. The monoisotopic (exact) mass is 252 g/mol. The molecule has 1 fully saturated rings. The Kier molecular flexibility index (Phi) is 4.47. The van der Waals surface area contributed by atoms with E-state index in [0.717, 1.165) is 25.7 Å². The molecule has 1 saturated carbocycles. The van der Waals surface area contributed by atoms with Crippen LogP contribution in [0, 0.1) is 5.82 Å². The molecule has 0 atom stereocenters. The zero-order valence-corrected chi connectivity index (χ0v) is 11.0. The lowest BCUT2D eigenvalue weighted by Gasteiger charge is -2.29. The predicted molar refractivity (Wildman–Crippen MR) is 70.1 cm³/mol. The largest absolute Gasteiger partial charge is 0.365 e. The molecule has 1 aliphatic carbocycles. The summed E-state index contributed by atoms with van der Waals surface area (Å²) in [6.45, 7) is 1.90. The van der Waals surface area contributed by atoms with Crippen molar-refractivity contribution in [1.82, 2.24) is 15.3 Å². The predicted octanol–water partition coefficient (Wildman–Crippen LogP) is 2.12. The van der Waals surface area contributed by atoms with Crippen molar-refractivity contribution < 1.29 is 4.39 Å². The van der Waals surface area contributed by atoms with E-state index in [1.807, 2.05) is 14.0 Å². The van der Waals surface area contributed by atoms with E-state index in [-0.39, 0.29) is 5.82 Å². The average Bonchev–Trinajstić information content (AvgIpc) is 2.42. The van der Waals surface area contributed by atoms with Gasteiger partial charge in [-0.3, -0.25) is 0 Å². The van der Waals surface area contributed by atoms with Crippen molar-refractivity contribution in [2.45, 2.75) is 51.1 Å². The Morgan fingerprint density at radius 1 is 1.22 bits per heavy atom. The van der Waals surface area contributed by atoms with Gasteiger partial charge in [-0.15, -0.1) is 0 Å². The fraction of sp³-hybridized carbons (Fsp3) is 0.692. The maximum atomic E-state index is 14.0. The van der Waals surface area contributed by atoms with Gasteiger partial charge in [0.2, 0.25) is 0 Å². The van der Waals surface area contributed by atoms with Crippen LogP contribution in [0.25, 0.3) is 0 Å². The molecule has 0 amide bonds. The molecule has 0 radical (unpaired) electrons. The standard InChI is InChI=1S/C13H21FN4/c1-3-11-12(14)13(17-8-16-11)18-10-6-4-9(15-2)5-7-10/h8-10,15H,3-7H2,1-2H3,(H,16,17,18). The van der Waals surface area contributed by atoms with Gasteiger partial charge in [0, 0.05) is 12.1 Å². The minimum absolute atomic E-state index is 0.296. The van der Waals surface area contributed by atoms with Gasteiger partial charge in [0.15, 0.2) is 11.6 Å². The molecule has 18 heavy (non-hydrogen) atoms.